The minimum Gasteiger partial charge on any atom is -0.496 e. The fourth-order valence-corrected chi connectivity index (χ4v) is 2.54. The van der Waals surface area contributed by atoms with Crippen LogP contribution in [0.5, 0.6) is 5.75 Å². The zero-order chi connectivity index (χ0) is 17.5. The van der Waals surface area contributed by atoms with Crippen LogP contribution in [0.4, 0.5) is 0 Å². The van der Waals surface area contributed by atoms with Gasteiger partial charge in [0.25, 0.3) is 0 Å². The van der Waals surface area contributed by atoms with Gasteiger partial charge in [-0.2, -0.15) is 0 Å². The SMILES string of the molecule is COc1ccc(C(C)(C)C)cc1C(O)CCN(CCO)CCO. The number of ether oxygens (including phenoxy) is 1. The average molecular weight is 325 g/mol. The molecule has 0 saturated carbocycles. The third kappa shape index (κ3) is 6.11. The predicted octanol–water partition coefficient (Wildman–Crippen LogP) is 1.70. The second-order valence-corrected chi connectivity index (χ2v) is 6.80. The zero-order valence-corrected chi connectivity index (χ0v) is 14.7. The van der Waals surface area contributed by atoms with Crippen molar-refractivity contribution in [2.75, 3.05) is 40.0 Å². The van der Waals surface area contributed by atoms with Crippen LogP contribution in [0.25, 0.3) is 0 Å². The van der Waals surface area contributed by atoms with E-state index in [0.717, 1.165) is 11.1 Å². The molecule has 0 heterocycles. The zero-order valence-electron chi connectivity index (χ0n) is 14.7. The van der Waals surface area contributed by atoms with Crippen molar-refractivity contribution in [3.63, 3.8) is 0 Å². The number of benzene rings is 1. The molecule has 0 aliphatic carbocycles. The van der Waals surface area contributed by atoms with Gasteiger partial charge in [0.15, 0.2) is 0 Å². The van der Waals surface area contributed by atoms with Gasteiger partial charge in [0.1, 0.15) is 5.75 Å². The summed E-state index contributed by atoms with van der Waals surface area (Å²) in [5.74, 6) is 0.682. The average Bonchev–Trinajstić information content (AvgIpc) is 2.51. The summed E-state index contributed by atoms with van der Waals surface area (Å²) in [6.07, 6.45) is -0.128. The molecule has 1 aromatic carbocycles. The van der Waals surface area contributed by atoms with E-state index in [1.54, 1.807) is 7.11 Å². The molecule has 5 nitrogen and oxygen atoms in total. The highest BCUT2D eigenvalue weighted by molar-refractivity contribution is 5.41. The lowest BCUT2D eigenvalue weighted by atomic mass is 9.85. The predicted molar refractivity (Wildman–Crippen MR) is 91.9 cm³/mol. The van der Waals surface area contributed by atoms with E-state index in [-0.39, 0.29) is 18.6 Å². The molecule has 0 bridgehead atoms. The van der Waals surface area contributed by atoms with Crippen molar-refractivity contribution in [1.82, 2.24) is 4.90 Å². The third-order valence-electron chi connectivity index (χ3n) is 4.01. The molecule has 0 saturated heterocycles. The monoisotopic (exact) mass is 325 g/mol. The molecule has 3 N–H and O–H groups in total. The first-order valence-corrected chi connectivity index (χ1v) is 8.14. The van der Waals surface area contributed by atoms with Crippen molar-refractivity contribution in [3.8, 4) is 5.75 Å². The van der Waals surface area contributed by atoms with E-state index in [1.807, 2.05) is 23.1 Å². The van der Waals surface area contributed by atoms with Crippen LogP contribution in [-0.2, 0) is 5.41 Å². The highest BCUT2D eigenvalue weighted by atomic mass is 16.5. The highest BCUT2D eigenvalue weighted by Crippen LogP contribution is 2.32. The van der Waals surface area contributed by atoms with Gasteiger partial charge in [-0.05, 0) is 29.5 Å². The van der Waals surface area contributed by atoms with E-state index in [1.165, 1.54) is 0 Å². The van der Waals surface area contributed by atoms with Gasteiger partial charge in [-0.15, -0.1) is 0 Å². The van der Waals surface area contributed by atoms with Gasteiger partial charge in [0, 0.05) is 25.2 Å². The summed E-state index contributed by atoms with van der Waals surface area (Å²) >= 11 is 0. The lowest BCUT2D eigenvalue weighted by Crippen LogP contribution is -2.31. The number of hydrogen-bond donors (Lipinski definition) is 3. The summed E-state index contributed by atoms with van der Waals surface area (Å²) in [7, 11) is 1.60. The second-order valence-electron chi connectivity index (χ2n) is 6.80. The molecule has 23 heavy (non-hydrogen) atoms. The van der Waals surface area contributed by atoms with E-state index >= 15 is 0 Å². The van der Waals surface area contributed by atoms with E-state index in [4.69, 9.17) is 14.9 Å². The van der Waals surface area contributed by atoms with Gasteiger partial charge in [0.2, 0.25) is 0 Å². The van der Waals surface area contributed by atoms with E-state index < -0.39 is 6.10 Å². The van der Waals surface area contributed by atoms with Crippen molar-refractivity contribution < 1.29 is 20.1 Å². The van der Waals surface area contributed by atoms with Gasteiger partial charge in [-0.3, -0.25) is 4.90 Å². The first-order chi connectivity index (χ1) is 10.8. The Kier molecular flexibility index (Phi) is 7.99. The maximum atomic E-state index is 10.6. The molecule has 1 unspecified atom stereocenters. The molecule has 0 radical (unpaired) electrons. The Labute approximate surface area is 139 Å². The number of aliphatic hydroxyl groups excluding tert-OH is 3. The molecular formula is C18H31NO4. The molecule has 0 aromatic heterocycles. The topological polar surface area (TPSA) is 73.2 Å². The molecule has 0 amide bonds. The molecule has 1 aromatic rings. The van der Waals surface area contributed by atoms with Gasteiger partial charge >= 0.3 is 0 Å². The Balaban J connectivity index is 2.86. The maximum Gasteiger partial charge on any atom is 0.124 e. The van der Waals surface area contributed by atoms with Crippen molar-refractivity contribution in [2.45, 2.75) is 38.7 Å². The van der Waals surface area contributed by atoms with Crippen LogP contribution >= 0.6 is 0 Å². The molecule has 1 atom stereocenters. The van der Waals surface area contributed by atoms with Gasteiger partial charge in [-0.25, -0.2) is 0 Å². The van der Waals surface area contributed by atoms with E-state index in [0.29, 0.717) is 31.8 Å². The summed E-state index contributed by atoms with van der Waals surface area (Å²) in [5.41, 5.74) is 1.93. The molecule has 0 aliphatic rings. The Morgan fingerprint density at radius 3 is 2.17 bits per heavy atom. The number of hydrogen-bond acceptors (Lipinski definition) is 5. The Hall–Kier alpha value is -1.14. The van der Waals surface area contributed by atoms with E-state index in [9.17, 15) is 5.11 Å². The van der Waals surface area contributed by atoms with E-state index in [2.05, 4.69) is 20.8 Å². The summed E-state index contributed by atoms with van der Waals surface area (Å²) < 4.78 is 5.38. The minimum atomic E-state index is -0.646. The maximum absolute atomic E-state index is 10.6. The molecule has 1 rings (SSSR count). The number of rotatable bonds is 9. The fourth-order valence-electron chi connectivity index (χ4n) is 2.54. The third-order valence-corrected chi connectivity index (χ3v) is 4.01. The highest BCUT2D eigenvalue weighted by Gasteiger charge is 2.20. The largest absolute Gasteiger partial charge is 0.496 e. The Bertz CT molecular complexity index is 465. The Morgan fingerprint density at radius 1 is 1.09 bits per heavy atom. The van der Waals surface area contributed by atoms with Crippen molar-refractivity contribution in [2.24, 2.45) is 0 Å². The second kappa shape index (κ2) is 9.23. The fraction of sp³-hybridized carbons (Fsp3) is 0.667. The standard InChI is InChI=1S/C18H31NO4/c1-18(2,3)14-5-6-17(23-4)15(13-14)16(22)7-8-19(9-11-20)10-12-21/h5-6,13,16,20-22H,7-12H2,1-4H3. The molecule has 0 fully saturated rings. The lowest BCUT2D eigenvalue weighted by Gasteiger charge is -2.25. The molecular weight excluding hydrogens is 294 g/mol. The molecule has 132 valence electrons. The smallest absolute Gasteiger partial charge is 0.124 e. The van der Waals surface area contributed by atoms with Crippen molar-refractivity contribution >= 4 is 0 Å². The van der Waals surface area contributed by atoms with Crippen LogP contribution < -0.4 is 4.74 Å². The number of aliphatic hydroxyl groups is 3. The summed E-state index contributed by atoms with van der Waals surface area (Å²) in [6, 6.07) is 5.93. The molecule has 0 spiro atoms. The van der Waals surface area contributed by atoms with Crippen LogP contribution in [0.3, 0.4) is 0 Å². The van der Waals surface area contributed by atoms with Crippen LogP contribution in [0.1, 0.15) is 44.4 Å². The summed E-state index contributed by atoms with van der Waals surface area (Å²) in [5, 5.41) is 28.7. The number of nitrogens with zero attached hydrogens (tertiary/aromatic N) is 1. The van der Waals surface area contributed by atoms with Gasteiger partial charge in [0.05, 0.1) is 26.4 Å². The van der Waals surface area contributed by atoms with Crippen molar-refractivity contribution in [1.29, 1.82) is 0 Å². The Morgan fingerprint density at radius 2 is 1.70 bits per heavy atom. The number of methoxy groups -OCH3 is 1. The summed E-state index contributed by atoms with van der Waals surface area (Å²) in [6.45, 7) is 8.07. The quantitative estimate of drug-likeness (QED) is 0.644. The first kappa shape index (κ1) is 19.9. The van der Waals surface area contributed by atoms with Crippen LogP contribution in [0.2, 0.25) is 0 Å². The lowest BCUT2D eigenvalue weighted by molar-refractivity contribution is 0.116. The summed E-state index contributed by atoms with van der Waals surface area (Å²) in [4.78, 5) is 1.93. The minimum absolute atomic E-state index is 0.000549. The van der Waals surface area contributed by atoms with Crippen LogP contribution in [0, 0.1) is 0 Å². The first-order valence-electron chi connectivity index (χ1n) is 8.14. The normalized spacial score (nSPS) is 13.4. The molecule has 5 heteroatoms. The molecule has 0 aliphatic heterocycles. The van der Waals surface area contributed by atoms with Gasteiger partial charge < -0.3 is 20.1 Å². The van der Waals surface area contributed by atoms with Crippen molar-refractivity contribution in [3.05, 3.63) is 29.3 Å². The van der Waals surface area contributed by atoms with Gasteiger partial charge in [-0.1, -0.05) is 26.8 Å². The van der Waals surface area contributed by atoms with Crippen LogP contribution in [0.15, 0.2) is 18.2 Å². The van der Waals surface area contributed by atoms with Crippen LogP contribution in [-0.4, -0.2) is 60.2 Å².